The fourth-order valence-corrected chi connectivity index (χ4v) is 4.11. The zero-order valence-corrected chi connectivity index (χ0v) is 16.5. The largest absolute Gasteiger partial charge is 0.494 e. The molecule has 0 saturated heterocycles. The molecule has 0 bridgehead atoms. The fourth-order valence-electron chi connectivity index (χ4n) is 3.05. The second-order valence-electron chi connectivity index (χ2n) is 6.55. The lowest BCUT2D eigenvalue weighted by atomic mass is 10.1. The highest BCUT2D eigenvalue weighted by Gasteiger charge is 2.19. The Bertz CT molecular complexity index is 1150. The molecule has 4 rings (SSSR count). The van der Waals surface area contributed by atoms with Crippen molar-refractivity contribution in [3.8, 4) is 17.0 Å². The molecule has 2 aromatic carbocycles. The zero-order valence-electron chi connectivity index (χ0n) is 15.7. The quantitative estimate of drug-likeness (QED) is 0.460. The van der Waals surface area contributed by atoms with Crippen LogP contribution in [0, 0.1) is 6.92 Å². The molecule has 0 atom stereocenters. The summed E-state index contributed by atoms with van der Waals surface area (Å²) in [5, 5.41) is 0.815. The number of fused-ring (bicyclic) bond motifs is 1. The Morgan fingerprint density at radius 3 is 2.43 bits per heavy atom. The summed E-state index contributed by atoms with van der Waals surface area (Å²) < 4.78 is 5.44. The normalized spacial score (nSPS) is 10.9. The van der Waals surface area contributed by atoms with Crippen LogP contribution in [-0.4, -0.2) is 17.4 Å². The molecule has 2 aromatic heterocycles. The number of aryl methyl sites for hydroxylation is 1. The standard InChI is InChI=1S/C23H20N2O2S/c1-3-27-17-10-8-16(9-11-17)21(26)22-20(24)18-12-13-19(25-23(18)28-22)15-6-4-14(2)5-7-15/h4-13H,3,24H2,1-2H3. The number of nitrogen functional groups attached to an aromatic ring is 1. The third-order valence-corrected chi connectivity index (χ3v) is 5.69. The fraction of sp³-hybridized carbons (Fsp3) is 0.130. The van der Waals surface area contributed by atoms with E-state index in [0.29, 0.717) is 22.7 Å². The first-order valence-corrected chi connectivity index (χ1v) is 9.92. The molecule has 0 aliphatic carbocycles. The number of carbonyl (C=O) groups excluding carboxylic acids is 1. The van der Waals surface area contributed by atoms with E-state index in [1.807, 2.05) is 31.2 Å². The number of hydrogen-bond donors (Lipinski definition) is 1. The molecule has 0 aliphatic rings. The average Bonchev–Trinajstić information content (AvgIpc) is 3.05. The minimum Gasteiger partial charge on any atom is -0.494 e. The van der Waals surface area contributed by atoms with E-state index in [0.717, 1.165) is 27.2 Å². The van der Waals surface area contributed by atoms with Crippen molar-refractivity contribution in [3.63, 3.8) is 0 Å². The summed E-state index contributed by atoms with van der Waals surface area (Å²) in [6, 6.07) is 19.2. The van der Waals surface area contributed by atoms with Crippen molar-refractivity contribution < 1.29 is 9.53 Å². The average molecular weight is 388 g/mol. The monoisotopic (exact) mass is 388 g/mol. The summed E-state index contributed by atoms with van der Waals surface area (Å²) in [4.78, 5) is 19.0. The number of carbonyl (C=O) groups is 1. The molecule has 0 unspecified atom stereocenters. The van der Waals surface area contributed by atoms with Crippen LogP contribution in [0.5, 0.6) is 5.75 Å². The Balaban J connectivity index is 1.70. The summed E-state index contributed by atoms with van der Waals surface area (Å²) in [5.41, 5.74) is 10.5. The maximum Gasteiger partial charge on any atom is 0.205 e. The van der Waals surface area contributed by atoms with Gasteiger partial charge in [-0.1, -0.05) is 29.8 Å². The van der Waals surface area contributed by atoms with Crippen molar-refractivity contribution in [1.29, 1.82) is 0 Å². The van der Waals surface area contributed by atoms with E-state index in [1.165, 1.54) is 16.9 Å². The molecule has 0 aliphatic heterocycles. The molecule has 140 valence electrons. The lowest BCUT2D eigenvalue weighted by molar-refractivity contribution is 0.104. The first-order chi connectivity index (χ1) is 13.6. The third-order valence-electron chi connectivity index (χ3n) is 4.57. The predicted octanol–water partition coefficient (Wildman–Crippen LogP) is 5.48. The minimum absolute atomic E-state index is 0.0968. The number of hydrogen-bond acceptors (Lipinski definition) is 5. The SMILES string of the molecule is CCOc1ccc(C(=O)c2sc3nc(-c4ccc(C)cc4)ccc3c2N)cc1. The highest BCUT2D eigenvalue weighted by atomic mass is 32.1. The number of aromatic nitrogens is 1. The Morgan fingerprint density at radius 1 is 1.04 bits per heavy atom. The van der Waals surface area contributed by atoms with Crippen LogP contribution in [0.3, 0.4) is 0 Å². The van der Waals surface area contributed by atoms with Gasteiger partial charge in [-0.05, 0) is 50.2 Å². The van der Waals surface area contributed by atoms with Crippen molar-refractivity contribution >= 4 is 33.0 Å². The van der Waals surface area contributed by atoms with E-state index in [4.69, 9.17) is 15.5 Å². The smallest absolute Gasteiger partial charge is 0.205 e. The van der Waals surface area contributed by atoms with Gasteiger partial charge < -0.3 is 10.5 Å². The molecular formula is C23H20N2O2S. The molecule has 2 heterocycles. The number of benzene rings is 2. The number of nitrogens with zero attached hydrogens (tertiary/aromatic N) is 1. The molecule has 0 radical (unpaired) electrons. The van der Waals surface area contributed by atoms with Crippen molar-refractivity contribution in [3.05, 3.63) is 76.7 Å². The lowest BCUT2D eigenvalue weighted by Gasteiger charge is -2.04. The highest BCUT2D eigenvalue weighted by molar-refractivity contribution is 7.21. The van der Waals surface area contributed by atoms with Gasteiger partial charge in [0.15, 0.2) is 0 Å². The van der Waals surface area contributed by atoms with Gasteiger partial charge in [-0.25, -0.2) is 4.98 Å². The third kappa shape index (κ3) is 3.37. The molecule has 0 amide bonds. The van der Waals surface area contributed by atoms with Crippen LogP contribution in [-0.2, 0) is 0 Å². The van der Waals surface area contributed by atoms with E-state index in [1.54, 1.807) is 24.3 Å². The van der Waals surface area contributed by atoms with Crippen LogP contribution in [0.25, 0.3) is 21.5 Å². The van der Waals surface area contributed by atoms with Crippen LogP contribution in [0.1, 0.15) is 27.7 Å². The van der Waals surface area contributed by atoms with Crippen molar-refractivity contribution in [2.24, 2.45) is 0 Å². The van der Waals surface area contributed by atoms with Crippen molar-refractivity contribution in [2.45, 2.75) is 13.8 Å². The highest BCUT2D eigenvalue weighted by Crippen LogP contribution is 2.35. The Morgan fingerprint density at radius 2 is 1.75 bits per heavy atom. The molecule has 0 spiro atoms. The van der Waals surface area contributed by atoms with Gasteiger partial charge in [-0.15, -0.1) is 11.3 Å². The van der Waals surface area contributed by atoms with Crippen LogP contribution >= 0.6 is 11.3 Å². The van der Waals surface area contributed by atoms with Gasteiger partial charge in [0.05, 0.1) is 18.0 Å². The van der Waals surface area contributed by atoms with Crippen LogP contribution < -0.4 is 10.5 Å². The number of thiophene rings is 1. The van der Waals surface area contributed by atoms with Crippen LogP contribution in [0.15, 0.2) is 60.7 Å². The first-order valence-electron chi connectivity index (χ1n) is 9.10. The molecular weight excluding hydrogens is 368 g/mol. The van der Waals surface area contributed by atoms with E-state index in [-0.39, 0.29) is 5.78 Å². The van der Waals surface area contributed by atoms with Gasteiger partial charge in [-0.3, -0.25) is 4.79 Å². The molecule has 4 nitrogen and oxygen atoms in total. The number of ketones is 1. The first kappa shape index (κ1) is 18.2. The second-order valence-corrected chi connectivity index (χ2v) is 7.55. The molecule has 0 saturated carbocycles. The van der Waals surface area contributed by atoms with Gasteiger partial charge in [-0.2, -0.15) is 0 Å². The predicted molar refractivity (Wildman–Crippen MR) is 115 cm³/mol. The molecule has 28 heavy (non-hydrogen) atoms. The molecule has 5 heteroatoms. The number of rotatable bonds is 5. The molecule has 0 fully saturated rings. The van der Waals surface area contributed by atoms with Gasteiger partial charge in [0.2, 0.25) is 5.78 Å². The zero-order chi connectivity index (χ0) is 19.7. The lowest BCUT2D eigenvalue weighted by Crippen LogP contribution is -2.02. The second kappa shape index (κ2) is 7.44. The Labute approximate surface area is 167 Å². The van der Waals surface area contributed by atoms with E-state index in [9.17, 15) is 4.79 Å². The van der Waals surface area contributed by atoms with Gasteiger partial charge in [0, 0.05) is 16.5 Å². The Hall–Kier alpha value is -3.18. The maximum absolute atomic E-state index is 13.0. The molecule has 2 N–H and O–H groups in total. The minimum atomic E-state index is -0.0968. The van der Waals surface area contributed by atoms with Crippen molar-refractivity contribution in [1.82, 2.24) is 4.98 Å². The topological polar surface area (TPSA) is 65.2 Å². The van der Waals surface area contributed by atoms with Crippen LogP contribution in [0.2, 0.25) is 0 Å². The van der Waals surface area contributed by atoms with Gasteiger partial charge >= 0.3 is 0 Å². The van der Waals surface area contributed by atoms with E-state index in [2.05, 4.69) is 19.1 Å². The summed E-state index contributed by atoms with van der Waals surface area (Å²) in [6.07, 6.45) is 0. The van der Waals surface area contributed by atoms with Gasteiger partial charge in [0.25, 0.3) is 0 Å². The summed E-state index contributed by atoms with van der Waals surface area (Å²) in [6.45, 7) is 4.57. The number of anilines is 1. The van der Waals surface area contributed by atoms with Crippen molar-refractivity contribution in [2.75, 3.05) is 12.3 Å². The van der Waals surface area contributed by atoms with Crippen LogP contribution in [0.4, 0.5) is 5.69 Å². The summed E-state index contributed by atoms with van der Waals surface area (Å²) >= 11 is 1.34. The van der Waals surface area contributed by atoms with Gasteiger partial charge in [0.1, 0.15) is 15.5 Å². The number of pyridine rings is 1. The maximum atomic E-state index is 13.0. The number of nitrogens with two attached hydrogens (primary N) is 1. The Kier molecular flexibility index (Phi) is 4.84. The molecule has 4 aromatic rings. The van der Waals surface area contributed by atoms with E-state index < -0.39 is 0 Å². The van der Waals surface area contributed by atoms with E-state index >= 15 is 0 Å². The number of ether oxygens (including phenoxy) is 1. The summed E-state index contributed by atoms with van der Waals surface area (Å²) in [7, 11) is 0. The summed E-state index contributed by atoms with van der Waals surface area (Å²) in [5.74, 6) is 0.646.